The molecule has 0 saturated heterocycles. The summed E-state index contributed by atoms with van der Waals surface area (Å²) < 4.78 is 20.4. The van der Waals surface area contributed by atoms with Crippen molar-refractivity contribution >= 4 is 20.9 Å². The van der Waals surface area contributed by atoms with Crippen molar-refractivity contribution in [3.8, 4) is 0 Å². The summed E-state index contributed by atoms with van der Waals surface area (Å²) in [6.07, 6.45) is 2.52. The van der Waals surface area contributed by atoms with E-state index in [2.05, 4.69) is 6.58 Å². The number of nitrogens with one attached hydrogen (secondary N) is 1. The molecule has 8 heteroatoms. The zero-order valence-electron chi connectivity index (χ0n) is 10.9. The number of rotatable bonds is 8. The molecule has 0 radical (unpaired) electrons. The zero-order chi connectivity index (χ0) is 14.4. The number of hydrogen-bond acceptors (Lipinski definition) is 7. The van der Waals surface area contributed by atoms with Gasteiger partial charge in [-0.25, -0.2) is 15.0 Å². The fraction of sp³-hybridized carbons (Fsp3) is 0.600. The van der Waals surface area contributed by atoms with Crippen LogP contribution in [0, 0.1) is 5.41 Å². The van der Waals surface area contributed by atoms with Crippen LogP contribution < -0.4 is 0 Å². The zero-order valence-corrected chi connectivity index (χ0v) is 11.9. The highest BCUT2D eigenvalue weighted by Gasteiger charge is 2.36. The Balaban J connectivity index is 0. The second-order valence-corrected chi connectivity index (χ2v) is 5.96. The highest BCUT2D eigenvalue weighted by Crippen LogP contribution is 2.14. The fourth-order valence-electron chi connectivity index (χ4n) is 1.08. The maximum absolute atomic E-state index is 10.7. The molecule has 0 unspecified atom stereocenters. The lowest BCUT2D eigenvalue weighted by Crippen LogP contribution is -2.42. The summed E-state index contributed by atoms with van der Waals surface area (Å²) in [7, 11) is 2.13. The first-order chi connectivity index (χ1) is 8.55. The molecule has 0 aliphatic carbocycles. The smallest absolute Gasteiger partial charge is 0.463 e. The molecular weight excluding hydrogens is 258 g/mol. The van der Waals surface area contributed by atoms with Gasteiger partial charge in [0.1, 0.15) is 0 Å². The minimum absolute atomic E-state index is 0.315. The van der Waals surface area contributed by atoms with Crippen LogP contribution in [0.5, 0.6) is 0 Å². The molecule has 18 heavy (non-hydrogen) atoms. The van der Waals surface area contributed by atoms with Crippen LogP contribution >= 0.6 is 0 Å². The van der Waals surface area contributed by atoms with Gasteiger partial charge in [0.05, 0.1) is 6.61 Å². The molecule has 1 N–H and O–H groups in total. The van der Waals surface area contributed by atoms with Crippen molar-refractivity contribution in [2.75, 3.05) is 27.9 Å². The maximum Gasteiger partial charge on any atom is 0.500 e. The van der Waals surface area contributed by atoms with Crippen molar-refractivity contribution in [1.29, 1.82) is 5.41 Å². The Morgan fingerprint density at radius 3 is 2.11 bits per heavy atom. The van der Waals surface area contributed by atoms with E-state index in [4.69, 9.17) is 28.2 Å². The molecule has 0 heterocycles. The van der Waals surface area contributed by atoms with Crippen LogP contribution in [0.3, 0.4) is 0 Å². The average molecular weight is 277 g/mol. The Morgan fingerprint density at radius 1 is 1.33 bits per heavy atom. The minimum atomic E-state index is -2.52. The van der Waals surface area contributed by atoms with Gasteiger partial charge in [-0.3, -0.25) is 0 Å². The van der Waals surface area contributed by atoms with E-state index < -0.39 is 14.8 Å². The van der Waals surface area contributed by atoms with Crippen molar-refractivity contribution in [1.82, 2.24) is 0 Å². The molecule has 7 nitrogen and oxygen atoms in total. The summed E-state index contributed by atoms with van der Waals surface area (Å²) in [6, 6.07) is 0.612. The number of isocyanates is 1. The molecule has 0 bridgehead atoms. The van der Waals surface area contributed by atoms with Gasteiger partial charge in [0, 0.05) is 33.4 Å². The van der Waals surface area contributed by atoms with Gasteiger partial charge < -0.3 is 18.0 Å². The van der Waals surface area contributed by atoms with Gasteiger partial charge in [-0.05, 0) is 6.42 Å². The van der Waals surface area contributed by atoms with Crippen molar-refractivity contribution in [3.05, 3.63) is 12.7 Å². The minimum Gasteiger partial charge on any atom is -0.463 e. The Kier molecular flexibility index (Phi) is 12.9. The molecular formula is C10H19NO6Si. The van der Waals surface area contributed by atoms with Crippen LogP contribution in [-0.4, -0.2) is 48.8 Å². The number of ether oxygens (including phenoxy) is 1. The molecule has 104 valence electrons. The third-order valence-electron chi connectivity index (χ3n) is 1.97. The number of carbonyl (C=O) groups excluding carboxylic acids is 2. The molecule has 0 aliphatic rings. The summed E-state index contributed by atoms with van der Waals surface area (Å²) in [5.74, 6) is -0.422. The van der Waals surface area contributed by atoms with Gasteiger partial charge in [-0.15, -0.1) is 0 Å². The van der Waals surface area contributed by atoms with Crippen LogP contribution in [0.15, 0.2) is 12.7 Å². The van der Waals surface area contributed by atoms with E-state index in [0.29, 0.717) is 19.1 Å². The summed E-state index contributed by atoms with van der Waals surface area (Å²) >= 11 is 0. The molecule has 0 atom stereocenters. The number of carbonyl (C=O) groups is 1. The largest absolute Gasteiger partial charge is 0.500 e. The fourth-order valence-corrected chi connectivity index (χ4v) is 2.77. The molecule has 0 rings (SSSR count). The van der Waals surface area contributed by atoms with Crippen LogP contribution in [0.4, 0.5) is 0 Å². The quantitative estimate of drug-likeness (QED) is 0.177. The van der Waals surface area contributed by atoms with Crippen LogP contribution in [0.25, 0.3) is 0 Å². The van der Waals surface area contributed by atoms with Gasteiger partial charge in [0.2, 0.25) is 6.08 Å². The van der Waals surface area contributed by atoms with E-state index in [9.17, 15) is 4.79 Å². The predicted octanol–water partition coefficient (Wildman–Crippen LogP) is 0.885. The molecule has 0 amide bonds. The topological polar surface area (TPSA) is 94.9 Å². The SMILES string of the molecule is C=CC(=O)OCCC[Si](OC)(OC)OC.N=C=O. The standard InChI is InChI=1S/C9H18O5Si.CHNO/c1-5-9(10)14-7-6-8-15(11-2,12-3)13-4;2-1-3/h5H,1,6-8H2,2-4H3;2H. The molecule has 0 spiro atoms. The Hall–Kier alpha value is -1.31. The molecule has 0 aromatic heterocycles. The van der Waals surface area contributed by atoms with Gasteiger partial charge in [0.25, 0.3) is 0 Å². The van der Waals surface area contributed by atoms with Gasteiger partial charge in [-0.1, -0.05) is 6.58 Å². The highest BCUT2D eigenvalue weighted by molar-refractivity contribution is 6.60. The Labute approximate surface area is 108 Å². The second kappa shape index (κ2) is 12.2. The first-order valence-electron chi connectivity index (χ1n) is 5.04. The molecule has 0 aromatic rings. The van der Waals surface area contributed by atoms with Gasteiger partial charge >= 0.3 is 14.8 Å². The van der Waals surface area contributed by atoms with Crippen molar-refractivity contribution < 1.29 is 27.6 Å². The van der Waals surface area contributed by atoms with Crippen molar-refractivity contribution in [3.63, 3.8) is 0 Å². The molecule has 0 aromatic carbocycles. The van der Waals surface area contributed by atoms with E-state index in [-0.39, 0.29) is 0 Å². The van der Waals surface area contributed by atoms with E-state index in [1.807, 2.05) is 0 Å². The monoisotopic (exact) mass is 277 g/mol. The van der Waals surface area contributed by atoms with Crippen LogP contribution in [-0.2, 0) is 27.6 Å². The summed E-state index contributed by atoms with van der Waals surface area (Å²) in [6.45, 7) is 3.61. The second-order valence-electron chi connectivity index (χ2n) is 2.87. The predicted molar refractivity (Wildman–Crippen MR) is 65.8 cm³/mol. The molecule has 0 fully saturated rings. The first kappa shape index (κ1) is 19.0. The van der Waals surface area contributed by atoms with Crippen LogP contribution in [0.2, 0.25) is 6.04 Å². The van der Waals surface area contributed by atoms with Gasteiger partial charge in [-0.2, -0.15) is 0 Å². The van der Waals surface area contributed by atoms with Crippen molar-refractivity contribution in [2.24, 2.45) is 0 Å². The van der Waals surface area contributed by atoms with E-state index in [1.54, 1.807) is 21.3 Å². The first-order valence-corrected chi connectivity index (χ1v) is 6.97. The van der Waals surface area contributed by atoms with Crippen LogP contribution in [0.1, 0.15) is 6.42 Å². The van der Waals surface area contributed by atoms with Gasteiger partial charge in [0.15, 0.2) is 0 Å². The molecule has 0 aliphatic heterocycles. The third kappa shape index (κ3) is 8.80. The van der Waals surface area contributed by atoms with E-state index in [1.165, 1.54) is 0 Å². The van der Waals surface area contributed by atoms with Crippen molar-refractivity contribution in [2.45, 2.75) is 12.5 Å². The highest BCUT2D eigenvalue weighted by atomic mass is 28.4. The Bertz CT molecular complexity index is 265. The maximum atomic E-state index is 10.7. The lowest BCUT2D eigenvalue weighted by atomic mass is 10.5. The van der Waals surface area contributed by atoms with E-state index in [0.717, 1.165) is 12.2 Å². The van der Waals surface area contributed by atoms with E-state index >= 15 is 0 Å². The summed E-state index contributed by atoms with van der Waals surface area (Å²) in [4.78, 5) is 19.1. The Morgan fingerprint density at radius 2 is 1.78 bits per heavy atom. The molecule has 0 saturated carbocycles. The normalized spacial score (nSPS) is 9.72. The summed E-state index contributed by atoms with van der Waals surface area (Å²) in [5.41, 5.74) is 0. The number of esters is 1. The third-order valence-corrected chi connectivity index (χ3v) is 4.80. The lowest BCUT2D eigenvalue weighted by Gasteiger charge is -2.23. The lowest BCUT2D eigenvalue weighted by molar-refractivity contribution is -0.137. The number of hydrogen-bond donors (Lipinski definition) is 1. The summed E-state index contributed by atoms with van der Waals surface area (Å²) in [5, 5.41) is 5.40. The average Bonchev–Trinajstić information content (AvgIpc) is 2.40.